The lowest BCUT2D eigenvalue weighted by atomic mass is 9.82. The van der Waals surface area contributed by atoms with E-state index in [0.717, 1.165) is 12.0 Å². The van der Waals surface area contributed by atoms with Crippen molar-refractivity contribution in [3.05, 3.63) is 23.7 Å². The van der Waals surface area contributed by atoms with Crippen molar-refractivity contribution in [2.24, 2.45) is 5.41 Å². The molecule has 0 saturated carbocycles. The smallest absolute Gasteiger partial charge is 0.135 e. The Morgan fingerprint density at radius 3 is 2.54 bits per heavy atom. The maximum absolute atomic E-state index is 10.0. The molecule has 1 aromatic rings. The van der Waals surface area contributed by atoms with Crippen LogP contribution in [0.2, 0.25) is 0 Å². The first-order valence-electron chi connectivity index (χ1n) is 4.71. The molecule has 1 heterocycles. The van der Waals surface area contributed by atoms with E-state index in [0.29, 0.717) is 5.76 Å². The van der Waals surface area contributed by atoms with E-state index in [1.165, 1.54) is 0 Å². The number of aryl methyl sites for hydroxylation is 1. The van der Waals surface area contributed by atoms with Gasteiger partial charge in [-0.25, -0.2) is 0 Å². The van der Waals surface area contributed by atoms with Crippen LogP contribution in [0.4, 0.5) is 0 Å². The summed E-state index contributed by atoms with van der Waals surface area (Å²) >= 11 is 0. The maximum Gasteiger partial charge on any atom is 0.135 e. The molecular weight excluding hydrogens is 164 g/mol. The lowest BCUT2D eigenvalue weighted by Gasteiger charge is -2.28. The molecule has 1 rings (SSSR count). The standard InChI is InChI=1S/C11H18O2/c1-5-11(3,4)10(12)9-8(2)6-7-13-9/h6-7,10,12H,5H2,1-4H3. The number of rotatable bonds is 3. The second-order valence-electron chi connectivity index (χ2n) is 4.21. The van der Waals surface area contributed by atoms with E-state index in [1.54, 1.807) is 6.26 Å². The van der Waals surface area contributed by atoms with Crippen molar-refractivity contribution in [2.75, 3.05) is 0 Å². The van der Waals surface area contributed by atoms with Crippen LogP contribution in [0.3, 0.4) is 0 Å². The van der Waals surface area contributed by atoms with Crippen molar-refractivity contribution in [1.29, 1.82) is 0 Å². The normalized spacial score (nSPS) is 14.5. The Morgan fingerprint density at radius 1 is 1.54 bits per heavy atom. The summed E-state index contributed by atoms with van der Waals surface area (Å²) in [5.74, 6) is 0.701. The average Bonchev–Trinajstić information content (AvgIpc) is 2.50. The highest BCUT2D eigenvalue weighted by Gasteiger charge is 2.30. The Bertz CT molecular complexity index is 273. The quantitative estimate of drug-likeness (QED) is 0.779. The molecule has 1 unspecified atom stereocenters. The molecule has 1 N–H and O–H groups in total. The van der Waals surface area contributed by atoms with E-state index in [-0.39, 0.29) is 5.41 Å². The van der Waals surface area contributed by atoms with Crippen LogP contribution in [-0.4, -0.2) is 5.11 Å². The summed E-state index contributed by atoms with van der Waals surface area (Å²) in [6, 6.07) is 1.88. The molecule has 0 aliphatic carbocycles. The van der Waals surface area contributed by atoms with E-state index in [4.69, 9.17) is 4.42 Å². The summed E-state index contributed by atoms with van der Waals surface area (Å²) in [6.07, 6.45) is 2.04. The van der Waals surface area contributed by atoms with E-state index < -0.39 is 6.10 Å². The predicted molar refractivity (Wildman–Crippen MR) is 52.5 cm³/mol. The molecule has 0 spiro atoms. The van der Waals surface area contributed by atoms with Gasteiger partial charge in [-0.05, 0) is 30.4 Å². The van der Waals surface area contributed by atoms with Gasteiger partial charge in [0.2, 0.25) is 0 Å². The summed E-state index contributed by atoms with van der Waals surface area (Å²) in [4.78, 5) is 0. The van der Waals surface area contributed by atoms with Gasteiger partial charge in [0.1, 0.15) is 11.9 Å². The van der Waals surface area contributed by atoms with Gasteiger partial charge < -0.3 is 9.52 Å². The van der Waals surface area contributed by atoms with Crippen molar-refractivity contribution < 1.29 is 9.52 Å². The number of aliphatic hydroxyl groups is 1. The van der Waals surface area contributed by atoms with Gasteiger partial charge >= 0.3 is 0 Å². The first-order valence-corrected chi connectivity index (χ1v) is 4.71. The Hall–Kier alpha value is -0.760. The lowest BCUT2D eigenvalue weighted by molar-refractivity contribution is 0.0281. The van der Waals surface area contributed by atoms with E-state index in [9.17, 15) is 5.11 Å². The third-order valence-electron chi connectivity index (χ3n) is 2.80. The van der Waals surface area contributed by atoms with Crippen molar-refractivity contribution in [3.8, 4) is 0 Å². The van der Waals surface area contributed by atoms with E-state index in [1.807, 2.05) is 26.8 Å². The Labute approximate surface area is 79.6 Å². The molecule has 1 aromatic heterocycles. The molecule has 1 atom stereocenters. The molecule has 2 heteroatoms. The Balaban J connectivity index is 2.91. The van der Waals surface area contributed by atoms with Gasteiger partial charge in [0.05, 0.1) is 6.26 Å². The van der Waals surface area contributed by atoms with Gasteiger partial charge in [-0.2, -0.15) is 0 Å². The molecule has 0 fully saturated rings. The zero-order valence-electron chi connectivity index (χ0n) is 8.79. The summed E-state index contributed by atoms with van der Waals surface area (Å²) < 4.78 is 5.26. The van der Waals surface area contributed by atoms with Crippen LogP contribution in [0, 0.1) is 12.3 Å². The van der Waals surface area contributed by atoms with Crippen LogP contribution in [-0.2, 0) is 0 Å². The Morgan fingerprint density at radius 2 is 2.15 bits per heavy atom. The van der Waals surface area contributed by atoms with Gasteiger partial charge in [0, 0.05) is 0 Å². The van der Waals surface area contributed by atoms with Gasteiger partial charge in [0.15, 0.2) is 0 Å². The highest BCUT2D eigenvalue weighted by molar-refractivity contribution is 5.18. The number of hydrogen-bond acceptors (Lipinski definition) is 2. The highest BCUT2D eigenvalue weighted by Crippen LogP contribution is 2.37. The van der Waals surface area contributed by atoms with Crippen LogP contribution in [0.5, 0.6) is 0 Å². The first kappa shape index (κ1) is 10.3. The fourth-order valence-corrected chi connectivity index (χ4v) is 1.21. The highest BCUT2D eigenvalue weighted by atomic mass is 16.4. The van der Waals surface area contributed by atoms with Gasteiger partial charge in [-0.1, -0.05) is 20.8 Å². The van der Waals surface area contributed by atoms with Crippen LogP contribution in [0.15, 0.2) is 16.7 Å². The second kappa shape index (κ2) is 3.54. The molecule has 0 aliphatic heterocycles. The number of furan rings is 1. The predicted octanol–water partition coefficient (Wildman–Crippen LogP) is 3.06. The minimum absolute atomic E-state index is 0.122. The molecule has 0 bridgehead atoms. The zero-order chi connectivity index (χ0) is 10.1. The second-order valence-corrected chi connectivity index (χ2v) is 4.21. The summed E-state index contributed by atoms with van der Waals surface area (Å²) in [6.45, 7) is 8.11. The lowest BCUT2D eigenvalue weighted by Crippen LogP contribution is -2.21. The molecule has 0 amide bonds. The maximum atomic E-state index is 10.0. The third-order valence-corrected chi connectivity index (χ3v) is 2.80. The van der Waals surface area contributed by atoms with Crippen LogP contribution >= 0.6 is 0 Å². The zero-order valence-corrected chi connectivity index (χ0v) is 8.79. The molecule has 74 valence electrons. The van der Waals surface area contributed by atoms with Gasteiger partial charge in [0.25, 0.3) is 0 Å². The van der Waals surface area contributed by atoms with Crippen molar-refractivity contribution >= 4 is 0 Å². The summed E-state index contributed by atoms with van der Waals surface area (Å²) in [5.41, 5.74) is 0.900. The minimum Gasteiger partial charge on any atom is -0.466 e. The SMILES string of the molecule is CCC(C)(C)C(O)c1occc1C. The van der Waals surface area contributed by atoms with Crippen molar-refractivity contribution in [3.63, 3.8) is 0 Å². The first-order chi connectivity index (χ1) is 5.99. The molecule has 0 saturated heterocycles. The van der Waals surface area contributed by atoms with Crippen LogP contribution < -0.4 is 0 Å². The fourth-order valence-electron chi connectivity index (χ4n) is 1.21. The van der Waals surface area contributed by atoms with Gasteiger partial charge in [-0.15, -0.1) is 0 Å². The molecule has 0 aromatic carbocycles. The number of aliphatic hydroxyl groups excluding tert-OH is 1. The fraction of sp³-hybridized carbons (Fsp3) is 0.636. The molecule has 0 aliphatic rings. The monoisotopic (exact) mass is 182 g/mol. The van der Waals surface area contributed by atoms with Gasteiger partial charge in [-0.3, -0.25) is 0 Å². The average molecular weight is 182 g/mol. The Kier molecular flexibility index (Phi) is 2.81. The largest absolute Gasteiger partial charge is 0.466 e. The number of hydrogen-bond donors (Lipinski definition) is 1. The molecular formula is C11H18O2. The van der Waals surface area contributed by atoms with Crippen molar-refractivity contribution in [1.82, 2.24) is 0 Å². The van der Waals surface area contributed by atoms with Crippen molar-refractivity contribution in [2.45, 2.75) is 40.2 Å². The molecule has 2 nitrogen and oxygen atoms in total. The van der Waals surface area contributed by atoms with E-state index >= 15 is 0 Å². The third kappa shape index (κ3) is 1.94. The topological polar surface area (TPSA) is 33.4 Å². The van der Waals surface area contributed by atoms with Crippen LogP contribution in [0.1, 0.15) is 44.6 Å². The molecule has 0 radical (unpaired) electrons. The summed E-state index contributed by atoms with van der Waals surface area (Å²) in [5, 5.41) is 10.0. The summed E-state index contributed by atoms with van der Waals surface area (Å²) in [7, 11) is 0. The minimum atomic E-state index is -0.507. The molecule has 13 heavy (non-hydrogen) atoms. The van der Waals surface area contributed by atoms with E-state index in [2.05, 4.69) is 6.92 Å². The van der Waals surface area contributed by atoms with Crippen LogP contribution in [0.25, 0.3) is 0 Å².